The molecule has 0 radical (unpaired) electrons. The second-order valence-electron chi connectivity index (χ2n) is 6.49. The molecule has 1 aliphatic rings. The van der Waals surface area contributed by atoms with Crippen molar-refractivity contribution in [1.82, 2.24) is 10.2 Å². The van der Waals surface area contributed by atoms with E-state index in [2.05, 4.69) is 24.1 Å². The lowest BCUT2D eigenvalue weighted by atomic mass is 9.99. The maximum Gasteiger partial charge on any atom is 0.258 e. The van der Waals surface area contributed by atoms with Crippen LogP contribution >= 0.6 is 0 Å². The molecule has 134 valence electrons. The number of aromatic hydroxyl groups is 1. The highest BCUT2D eigenvalue weighted by Gasteiger charge is 2.26. The lowest BCUT2D eigenvalue weighted by Crippen LogP contribution is -2.40. The van der Waals surface area contributed by atoms with Gasteiger partial charge in [-0.1, -0.05) is 20.3 Å². The average Bonchev–Trinajstić information content (AvgIpc) is 3.03. The minimum Gasteiger partial charge on any atom is -0.507 e. The van der Waals surface area contributed by atoms with E-state index in [1.54, 1.807) is 0 Å². The maximum atomic E-state index is 12.7. The molecule has 2 rings (SSSR count). The first-order valence-corrected chi connectivity index (χ1v) is 8.95. The van der Waals surface area contributed by atoms with E-state index in [9.17, 15) is 9.90 Å². The molecule has 1 aliphatic heterocycles. The number of nitrogens with one attached hydrogen (secondary N) is 1. The number of benzene rings is 1. The van der Waals surface area contributed by atoms with Crippen LogP contribution in [0.4, 0.5) is 0 Å². The van der Waals surface area contributed by atoms with Crippen molar-refractivity contribution in [3.8, 4) is 11.5 Å². The average molecular weight is 334 g/mol. The molecule has 1 aromatic carbocycles. The summed E-state index contributed by atoms with van der Waals surface area (Å²) < 4.78 is 5.39. The topological polar surface area (TPSA) is 61.8 Å². The first-order valence-electron chi connectivity index (χ1n) is 8.95. The third-order valence-electron chi connectivity index (χ3n) is 4.87. The van der Waals surface area contributed by atoms with E-state index in [0.29, 0.717) is 18.3 Å². The van der Waals surface area contributed by atoms with E-state index >= 15 is 0 Å². The molecule has 0 aliphatic carbocycles. The van der Waals surface area contributed by atoms with Gasteiger partial charge in [0.15, 0.2) is 0 Å². The van der Waals surface area contributed by atoms with Crippen molar-refractivity contribution in [2.75, 3.05) is 26.7 Å². The Hall–Kier alpha value is -1.75. The Kier molecular flexibility index (Phi) is 6.49. The van der Waals surface area contributed by atoms with Crippen molar-refractivity contribution in [3.63, 3.8) is 0 Å². The summed E-state index contributed by atoms with van der Waals surface area (Å²) in [7, 11) is 1.54. The number of amides is 1. The predicted molar refractivity (Wildman–Crippen MR) is 96.0 cm³/mol. The van der Waals surface area contributed by atoms with Gasteiger partial charge >= 0.3 is 0 Å². The minimum atomic E-state index is -0.256. The van der Waals surface area contributed by atoms with E-state index < -0.39 is 0 Å². The van der Waals surface area contributed by atoms with E-state index in [0.717, 1.165) is 43.5 Å². The van der Waals surface area contributed by atoms with Gasteiger partial charge in [-0.05, 0) is 56.5 Å². The predicted octanol–water partition coefficient (Wildman–Crippen LogP) is 2.88. The normalized spacial score (nSPS) is 17.9. The molecule has 24 heavy (non-hydrogen) atoms. The molecule has 0 unspecified atom stereocenters. The van der Waals surface area contributed by atoms with Crippen LogP contribution in [0.15, 0.2) is 6.07 Å². The Balaban J connectivity index is 2.21. The second kappa shape index (κ2) is 8.38. The van der Waals surface area contributed by atoms with Crippen molar-refractivity contribution in [3.05, 3.63) is 22.8 Å². The van der Waals surface area contributed by atoms with Gasteiger partial charge < -0.3 is 15.2 Å². The molecule has 0 bridgehead atoms. The fraction of sp³-hybridized carbons (Fsp3) is 0.632. The number of ether oxygens (including phenoxy) is 1. The highest BCUT2D eigenvalue weighted by atomic mass is 16.5. The number of phenols is 1. The SMILES string of the molecule is CCCc1cc(C)c(OC)c(C(=O)NC[C@@H]2CCCN2CC)c1O. The number of hydrogen-bond donors (Lipinski definition) is 2. The lowest BCUT2D eigenvalue weighted by Gasteiger charge is -2.23. The van der Waals surface area contributed by atoms with Crippen LogP contribution in [0.2, 0.25) is 0 Å². The molecule has 0 saturated carbocycles. The largest absolute Gasteiger partial charge is 0.507 e. The van der Waals surface area contributed by atoms with Gasteiger partial charge in [0, 0.05) is 12.6 Å². The summed E-state index contributed by atoms with van der Waals surface area (Å²) in [6.45, 7) is 8.80. The number of likely N-dealkylation sites (N-methyl/N-ethyl adjacent to an activating group) is 1. The molecule has 5 nitrogen and oxygen atoms in total. The van der Waals surface area contributed by atoms with Gasteiger partial charge in [0.1, 0.15) is 17.1 Å². The summed E-state index contributed by atoms with van der Waals surface area (Å²) in [5.74, 6) is 0.257. The van der Waals surface area contributed by atoms with Crippen molar-refractivity contribution in [2.24, 2.45) is 0 Å². The summed E-state index contributed by atoms with van der Waals surface area (Å²) in [5.41, 5.74) is 1.94. The zero-order chi connectivity index (χ0) is 17.7. The summed E-state index contributed by atoms with van der Waals surface area (Å²) >= 11 is 0. The minimum absolute atomic E-state index is 0.0515. The lowest BCUT2D eigenvalue weighted by molar-refractivity contribution is 0.0935. The standard InChI is InChI=1S/C19H30N2O3/c1-5-8-14-11-13(3)18(24-4)16(17(14)22)19(23)20-12-15-9-7-10-21(15)6-2/h11,15,22H,5-10,12H2,1-4H3,(H,20,23)/t15-/m0/s1. The molecule has 1 saturated heterocycles. The molecule has 1 amide bonds. The Bertz CT molecular complexity index is 586. The van der Waals surface area contributed by atoms with Crippen LogP contribution in [0, 0.1) is 6.92 Å². The highest BCUT2D eigenvalue weighted by molar-refractivity contribution is 6.00. The Morgan fingerprint density at radius 1 is 1.46 bits per heavy atom. The highest BCUT2D eigenvalue weighted by Crippen LogP contribution is 2.35. The smallest absolute Gasteiger partial charge is 0.258 e. The number of rotatable bonds is 7. The third kappa shape index (κ3) is 3.83. The Morgan fingerprint density at radius 3 is 2.83 bits per heavy atom. The number of aryl methyl sites for hydroxylation is 2. The van der Waals surface area contributed by atoms with Crippen molar-refractivity contribution in [2.45, 2.75) is 52.5 Å². The molecule has 0 spiro atoms. The summed E-state index contributed by atoms with van der Waals surface area (Å²) in [6, 6.07) is 2.29. The monoisotopic (exact) mass is 334 g/mol. The maximum absolute atomic E-state index is 12.7. The number of phenolic OH excluding ortho intramolecular Hbond substituents is 1. The van der Waals surface area contributed by atoms with Crippen molar-refractivity contribution in [1.29, 1.82) is 0 Å². The quantitative estimate of drug-likeness (QED) is 0.805. The zero-order valence-electron chi connectivity index (χ0n) is 15.3. The van der Waals surface area contributed by atoms with E-state index in [1.165, 1.54) is 13.5 Å². The van der Waals surface area contributed by atoms with Gasteiger partial charge in [0.2, 0.25) is 0 Å². The second-order valence-corrected chi connectivity index (χ2v) is 6.49. The molecule has 0 aromatic heterocycles. The van der Waals surface area contributed by atoms with Crippen LogP contribution in [0.1, 0.15) is 54.6 Å². The summed E-state index contributed by atoms with van der Waals surface area (Å²) in [6.07, 6.45) is 3.93. The number of hydrogen-bond acceptors (Lipinski definition) is 4. The van der Waals surface area contributed by atoms with Gasteiger partial charge in [-0.15, -0.1) is 0 Å². The van der Waals surface area contributed by atoms with Crippen LogP contribution in [0.5, 0.6) is 11.5 Å². The molecular weight excluding hydrogens is 304 g/mol. The molecule has 1 atom stereocenters. The number of carbonyl (C=O) groups is 1. The molecule has 1 aromatic rings. The van der Waals surface area contributed by atoms with E-state index in [-0.39, 0.29) is 17.2 Å². The molecule has 2 N–H and O–H groups in total. The fourth-order valence-corrected chi connectivity index (χ4v) is 3.64. The Labute approximate surface area is 145 Å². The van der Waals surface area contributed by atoms with E-state index in [4.69, 9.17) is 4.74 Å². The Morgan fingerprint density at radius 2 is 2.21 bits per heavy atom. The van der Waals surface area contributed by atoms with Gasteiger partial charge in [-0.25, -0.2) is 0 Å². The van der Waals surface area contributed by atoms with Crippen LogP contribution in [0.3, 0.4) is 0 Å². The zero-order valence-corrected chi connectivity index (χ0v) is 15.3. The fourth-order valence-electron chi connectivity index (χ4n) is 3.64. The number of carbonyl (C=O) groups excluding carboxylic acids is 1. The molecular formula is C19H30N2O3. The van der Waals surface area contributed by atoms with Crippen LogP contribution in [-0.2, 0) is 6.42 Å². The van der Waals surface area contributed by atoms with Crippen molar-refractivity contribution >= 4 is 5.91 Å². The van der Waals surface area contributed by atoms with Crippen LogP contribution in [0.25, 0.3) is 0 Å². The summed E-state index contributed by atoms with van der Waals surface area (Å²) in [5, 5.41) is 13.6. The van der Waals surface area contributed by atoms with Crippen molar-refractivity contribution < 1.29 is 14.6 Å². The van der Waals surface area contributed by atoms with Gasteiger partial charge in [0.05, 0.1) is 7.11 Å². The first kappa shape index (κ1) is 18.6. The van der Waals surface area contributed by atoms with Crippen LogP contribution < -0.4 is 10.1 Å². The third-order valence-corrected chi connectivity index (χ3v) is 4.87. The summed E-state index contributed by atoms with van der Waals surface area (Å²) in [4.78, 5) is 15.1. The first-order chi connectivity index (χ1) is 11.5. The van der Waals surface area contributed by atoms with Gasteiger partial charge in [-0.3, -0.25) is 9.69 Å². The number of methoxy groups -OCH3 is 1. The number of nitrogens with zero attached hydrogens (tertiary/aromatic N) is 1. The van der Waals surface area contributed by atoms with Gasteiger partial charge in [-0.2, -0.15) is 0 Å². The molecule has 1 heterocycles. The van der Waals surface area contributed by atoms with Gasteiger partial charge in [0.25, 0.3) is 5.91 Å². The molecule has 5 heteroatoms. The van der Waals surface area contributed by atoms with E-state index in [1.807, 2.05) is 13.0 Å². The van der Waals surface area contributed by atoms with Crippen LogP contribution in [-0.4, -0.2) is 48.7 Å². The molecule has 1 fully saturated rings. The number of likely N-dealkylation sites (tertiary alicyclic amines) is 1.